The second-order valence-corrected chi connectivity index (χ2v) is 8.86. The molecule has 1 aromatic carbocycles. The van der Waals surface area contributed by atoms with Crippen molar-refractivity contribution in [1.29, 1.82) is 5.26 Å². The Morgan fingerprint density at radius 1 is 1.18 bits per heavy atom. The summed E-state index contributed by atoms with van der Waals surface area (Å²) in [4.78, 5) is 20.5. The fourth-order valence-corrected chi connectivity index (χ4v) is 4.72. The minimum absolute atomic E-state index is 0.118. The summed E-state index contributed by atoms with van der Waals surface area (Å²) in [6.45, 7) is 7.11. The predicted molar refractivity (Wildman–Crippen MR) is 128 cm³/mol. The molecule has 4 rings (SSSR count). The van der Waals surface area contributed by atoms with E-state index in [9.17, 15) is 10.1 Å². The second kappa shape index (κ2) is 10.7. The van der Waals surface area contributed by atoms with Gasteiger partial charge in [0.1, 0.15) is 11.8 Å². The highest BCUT2D eigenvalue weighted by Crippen LogP contribution is 2.36. The zero-order valence-electron chi connectivity index (χ0n) is 19.6. The summed E-state index contributed by atoms with van der Waals surface area (Å²) in [6.07, 6.45) is 5.26. The molecule has 0 aliphatic carbocycles. The normalized spacial score (nSPS) is 17.2. The van der Waals surface area contributed by atoms with E-state index in [2.05, 4.69) is 21.3 Å². The Hall–Kier alpha value is -3.05. The van der Waals surface area contributed by atoms with Crippen molar-refractivity contribution < 1.29 is 14.3 Å². The molecule has 176 valence electrons. The second-order valence-electron chi connectivity index (χ2n) is 8.86. The molecule has 0 unspecified atom stereocenters. The molecule has 2 aromatic rings. The molecule has 1 amide bonds. The van der Waals surface area contributed by atoms with Gasteiger partial charge >= 0.3 is 0 Å². The van der Waals surface area contributed by atoms with Crippen molar-refractivity contribution in [3.63, 3.8) is 0 Å². The van der Waals surface area contributed by atoms with Gasteiger partial charge < -0.3 is 24.6 Å². The van der Waals surface area contributed by atoms with Crippen LogP contribution in [-0.4, -0.2) is 73.2 Å². The number of nitrogens with zero attached hydrogens (tertiary/aromatic N) is 4. The number of anilines is 1. The summed E-state index contributed by atoms with van der Waals surface area (Å²) in [5.41, 5.74) is 1.92. The van der Waals surface area contributed by atoms with Gasteiger partial charge in [0, 0.05) is 49.7 Å². The number of hydrogen-bond donors (Lipinski definition) is 1. The number of amides is 1. The number of rotatable bonds is 8. The number of pyridine rings is 1. The molecule has 1 N–H and O–H groups in total. The Labute approximate surface area is 195 Å². The number of nitriles is 1. The quantitative estimate of drug-likeness (QED) is 0.615. The van der Waals surface area contributed by atoms with Crippen molar-refractivity contribution in [2.45, 2.75) is 45.1 Å². The molecule has 0 radical (unpaired) electrons. The lowest BCUT2D eigenvalue weighted by atomic mass is 10.0. The van der Waals surface area contributed by atoms with Crippen LogP contribution >= 0.6 is 0 Å². The van der Waals surface area contributed by atoms with Crippen LogP contribution in [0.15, 0.2) is 18.2 Å². The van der Waals surface area contributed by atoms with Crippen molar-refractivity contribution in [3.05, 3.63) is 23.9 Å². The summed E-state index contributed by atoms with van der Waals surface area (Å²) in [6, 6.07) is 7.99. The third-order valence-corrected chi connectivity index (χ3v) is 6.58. The van der Waals surface area contributed by atoms with Crippen molar-refractivity contribution in [2.75, 3.05) is 51.8 Å². The Kier molecular flexibility index (Phi) is 7.50. The highest BCUT2D eigenvalue weighted by Gasteiger charge is 2.22. The SMILES string of the molecule is COc1cc2c(NC3CCN(C(C)=O)CC3)cc(C#N)nc2cc1OCCCN1CCCC1. The van der Waals surface area contributed by atoms with E-state index in [0.29, 0.717) is 29.3 Å². The maximum absolute atomic E-state index is 11.6. The van der Waals surface area contributed by atoms with Gasteiger partial charge in [0.2, 0.25) is 5.91 Å². The highest BCUT2D eigenvalue weighted by molar-refractivity contribution is 5.94. The summed E-state index contributed by atoms with van der Waals surface area (Å²) >= 11 is 0. The number of aromatic nitrogens is 1. The number of ether oxygens (including phenoxy) is 2. The van der Waals surface area contributed by atoms with Gasteiger partial charge in [0.25, 0.3) is 0 Å². The number of piperidine rings is 1. The Morgan fingerprint density at radius 2 is 1.94 bits per heavy atom. The predicted octanol–water partition coefficient (Wildman–Crippen LogP) is 3.40. The van der Waals surface area contributed by atoms with Crippen molar-refractivity contribution in [3.8, 4) is 17.6 Å². The number of likely N-dealkylation sites (tertiary alicyclic amines) is 2. The van der Waals surface area contributed by atoms with Crippen LogP contribution < -0.4 is 14.8 Å². The van der Waals surface area contributed by atoms with Gasteiger partial charge in [-0.3, -0.25) is 4.79 Å². The fraction of sp³-hybridized carbons (Fsp3) is 0.560. The number of carbonyl (C=O) groups is 1. The summed E-state index contributed by atoms with van der Waals surface area (Å²) in [5.74, 6) is 1.42. The van der Waals surface area contributed by atoms with E-state index in [1.54, 1.807) is 20.1 Å². The lowest BCUT2D eigenvalue weighted by molar-refractivity contribution is -0.129. The van der Waals surface area contributed by atoms with Gasteiger partial charge in [-0.2, -0.15) is 5.26 Å². The molecule has 8 heteroatoms. The minimum atomic E-state index is 0.118. The largest absolute Gasteiger partial charge is 0.493 e. The number of nitrogens with one attached hydrogen (secondary N) is 1. The molecule has 2 aliphatic heterocycles. The molecule has 2 saturated heterocycles. The molecule has 3 heterocycles. The van der Waals surface area contributed by atoms with E-state index in [-0.39, 0.29) is 11.9 Å². The van der Waals surface area contributed by atoms with Crippen LogP contribution in [0.3, 0.4) is 0 Å². The molecule has 1 aromatic heterocycles. The van der Waals surface area contributed by atoms with E-state index in [4.69, 9.17) is 9.47 Å². The molecular formula is C25H33N5O3. The van der Waals surface area contributed by atoms with E-state index < -0.39 is 0 Å². The fourth-order valence-electron chi connectivity index (χ4n) is 4.72. The number of fused-ring (bicyclic) bond motifs is 1. The molecule has 8 nitrogen and oxygen atoms in total. The first-order chi connectivity index (χ1) is 16.1. The molecule has 0 atom stereocenters. The van der Waals surface area contributed by atoms with Gasteiger partial charge in [-0.15, -0.1) is 0 Å². The summed E-state index contributed by atoms with van der Waals surface area (Å²) < 4.78 is 11.7. The molecule has 2 fully saturated rings. The number of methoxy groups -OCH3 is 1. The third-order valence-electron chi connectivity index (χ3n) is 6.58. The third kappa shape index (κ3) is 5.66. The lowest BCUT2D eigenvalue weighted by Crippen LogP contribution is -2.41. The van der Waals surface area contributed by atoms with Crippen LogP contribution in [0.4, 0.5) is 5.69 Å². The molecule has 0 bridgehead atoms. The van der Waals surface area contributed by atoms with E-state index in [1.807, 2.05) is 17.0 Å². The summed E-state index contributed by atoms with van der Waals surface area (Å²) in [7, 11) is 1.64. The zero-order valence-corrected chi connectivity index (χ0v) is 19.6. The van der Waals surface area contributed by atoms with Crippen LogP contribution in [0, 0.1) is 11.3 Å². The Balaban J connectivity index is 1.50. The first-order valence-electron chi connectivity index (χ1n) is 11.9. The number of benzene rings is 1. The molecule has 2 aliphatic rings. The van der Waals surface area contributed by atoms with Gasteiger partial charge in [0.15, 0.2) is 11.5 Å². The van der Waals surface area contributed by atoms with Gasteiger partial charge in [0.05, 0.1) is 19.2 Å². The Morgan fingerprint density at radius 3 is 2.61 bits per heavy atom. The molecule has 0 saturated carbocycles. The maximum Gasteiger partial charge on any atom is 0.219 e. The number of hydrogen-bond acceptors (Lipinski definition) is 7. The van der Waals surface area contributed by atoms with Crippen LogP contribution in [0.5, 0.6) is 11.5 Å². The smallest absolute Gasteiger partial charge is 0.219 e. The first-order valence-corrected chi connectivity index (χ1v) is 11.9. The zero-order chi connectivity index (χ0) is 23.2. The average molecular weight is 452 g/mol. The van der Waals surface area contributed by atoms with Crippen LogP contribution in [0.2, 0.25) is 0 Å². The van der Waals surface area contributed by atoms with Crippen LogP contribution in [-0.2, 0) is 4.79 Å². The monoisotopic (exact) mass is 451 g/mol. The van der Waals surface area contributed by atoms with Crippen molar-refractivity contribution >= 4 is 22.5 Å². The first kappa shape index (κ1) is 23.1. The lowest BCUT2D eigenvalue weighted by Gasteiger charge is -2.32. The van der Waals surface area contributed by atoms with Gasteiger partial charge in [-0.25, -0.2) is 4.98 Å². The minimum Gasteiger partial charge on any atom is -0.493 e. The van der Waals surface area contributed by atoms with Crippen molar-refractivity contribution in [1.82, 2.24) is 14.8 Å². The topological polar surface area (TPSA) is 90.7 Å². The molecule has 0 spiro atoms. The highest BCUT2D eigenvalue weighted by atomic mass is 16.5. The van der Waals surface area contributed by atoms with Gasteiger partial charge in [-0.1, -0.05) is 0 Å². The molecular weight excluding hydrogens is 418 g/mol. The maximum atomic E-state index is 11.6. The van der Waals surface area contributed by atoms with E-state index >= 15 is 0 Å². The number of carbonyl (C=O) groups excluding carboxylic acids is 1. The Bertz CT molecular complexity index is 1020. The van der Waals surface area contributed by atoms with Crippen LogP contribution in [0.1, 0.15) is 44.7 Å². The summed E-state index contributed by atoms with van der Waals surface area (Å²) in [5, 5.41) is 14.0. The van der Waals surface area contributed by atoms with E-state index in [0.717, 1.165) is 50.0 Å². The van der Waals surface area contributed by atoms with Crippen molar-refractivity contribution in [2.24, 2.45) is 0 Å². The van der Waals surface area contributed by atoms with E-state index in [1.165, 1.54) is 25.9 Å². The van der Waals surface area contributed by atoms with Crippen LogP contribution in [0.25, 0.3) is 10.9 Å². The standard InChI is InChI=1S/C25H33N5O3/c1-18(31)30-11-6-19(7-12-30)27-22-14-20(17-26)28-23-16-25(24(32-2)15-21(22)23)33-13-5-10-29-8-3-4-9-29/h14-16,19H,3-13H2,1-2H3,(H,27,28). The van der Waals surface area contributed by atoms with Gasteiger partial charge in [-0.05, 0) is 57.3 Å². The average Bonchev–Trinajstić information content (AvgIpc) is 3.35. The molecule has 33 heavy (non-hydrogen) atoms.